The number of benzene rings is 1. The van der Waals surface area contributed by atoms with Gasteiger partial charge in [0.25, 0.3) is 0 Å². The Labute approximate surface area is 131 Å². The van der Waals surface area contributed by atoms with Crippen molar-refractivity contribution in [3.05, 3.63) is 36.5 Å². The molecule has 0 saturated carbocycles. The Morgan fingerprint density at radius 2 is 1.90 bits per heavy atom. The summed E-state index contributed by atoms with van der Waals surface area (Å²) in [6, 6.07) is 10.4. The van der Waals surface area contributed by atoms with Gasteiger partial charge in [-0.1, -0.05) is 30.3 Å². The zero-order valence-electron chi connectivity index (χ0n) is 12.2. The van der Waals surface area contributed by atoms with E-state index < -0.39 is 0 Å². The highest BCUT2D eigenvalue weighted by Gasteiger charge is 2.34. The number of rotatable bonds is 3. The molecule has 21 heavy (non-hydrogen) atoms. The highest BCUT2D eigenvalue weighted by Crippen LogP contribution is 2.34. The van der Waals surface area contributed by atoms with Crippen LogP contribution in [-0.2, 0) is 6.54 Å². The molecule has 0 amide bonds. The summed E-state index contributed by atoms with van der Waals surface area (Å²) >= 11 is 4.56. The second-order valence-corrected chi connectivity index (χ2v) is 6.78. The van der Waals surface area contributed by atoms with Gasteiger partial charge in [-0.05, 0) is 43.3 Å². The molecule has 3 nitrogen and oxygen atoms in total. The quantitative estimate of drug-likeness (QED) is 0.879. The summed E-state index contributed by atoms with van der Waals surface area (Å²) in [5.74, 6) is 1.64. The fourth-order valence-electron chi connectivity index (χ4n) is 3.86. The van der Waals surface area contributed by atoms with Crippen LogP contribution in [0.2, 0.25) is 0 Å². The second kappa shape index (κ2) is 5.50. The molecule has 1 aromatic heterocycles. The first-order chi connectivity index (χ1) is 10.3. The number of hydrogen-bond acceptors (Lipinski definition) is 3. The molecule has 1 aromatic carbocycles. The summed E-state index contributed by atoms with van der Waals surface area (Å²) < 4.78 is 2.11. The molecule has 5 rings (SSSR count). The summed E-state index contributed by atoms with van der Waals surface area (Å²) in [5, 5.41) is 5.46. The molecular weight excluding hydrogens is 278 g/mol. The Kier molecular flexibility index (Phi) is 3.51. The largest absolute Gasteiger partial charge is 0.303 e. The van der Waals surface area contributed by atoms with Gasteiger partial charge >= 0.3 is 0 Å². The van der Waals surface area contributed by atoms with Gasteiger partial charge in [0.15, 0.2) is 0 Å². The van der Waals surface area contributed by atoms with Crippen LogP contribution in [0.4, 0.5) is 0 Å². The molecule has 3 saturated heterocycles. The van der Waals surface area contributed by atoms with Crippen molar-refractivity contribution in [3.63, 3.8) is 0 Å². The first-order valence-electron chi connectivity index (χ1n) is 7.84. The van der Waals surface area contributed by atoms with Crippen molar-refractivity contribution in [1.29, 1.82) is 0 Å². The van der Waals surface area contributed by atoms with E-state index in [0.29, 0.717) is 0 Å². The lowest BCUT2D eigenvalue weighted by molar-refractivity contribution is 0.0403. The standard InChI is InChI=1S/C17H21N3S/c21-17-16(14-4-2-1-3-5-14)12-20(18-17)11-15-10-19-8-6-13(15)7-9-19/h1-5,12-13,15H,6-11H2,(H,18,21). The predicted octanol–water partition coefficient (Wildman–Crippen LogP) is 3.18. The van der Waals surface area contributed by atoms with Crippen molar-refractivity contribution in [2.24, 2.45) is 11.8 Å². The third-order valence-corrected chi connectivity index (χ3v) is 5.37. The van der Waals surface area contributed by atoms with Crippen molar-refractivity contribution < 1.29 is 0 Å². The molecule has 0 radical (unpaired) electrons. The number of fused-ring (bicyclic) bond motifs is 3. The molecule has 0 aliphatic carbocycles. The van der Waals surface area contributed by atoms with Crippen molar-refractivity contribution in [1.82, 2.24) is 14.7 Å². The van der Waals surface area contributed by atoms with Crippen molar-refractivity contribution in [2.75, 3.05) is 19.6 Å². The van der Waals surface area contributed by atoms with E-state index in [1.165, 1.54) is 38.0 Å². The van der Waals surface area contributed by atoms with Crippen LogP contribution < -0.4 is 0 Å². The minimum absolute atomic E-state index is 0.753. The Hall–Kier alpha value is -1.26. The molecule has 4 heteroatoms. The lowest BCUT2D eigenvalue weighted by Crippen LogP contribution is -2.48. The smallest absolute Gasteiger partial charge is 0.123 e. The van der Waals surface area contributed by atoms with Crippen LogP contribution in [0.3, 0.4) is 0 Å². The van der Waals surface area contributed by atoms with Gasteiger partial charge < -0.3 is 4.90 Å². The molecular formula is C17H21N3S. The Balaban J connectivity index is 1.54. The first-order valence-corrected chi connectivity index (χ1v) is 8.28. The monoisotopic (exact) mass is 299 g/mol. The minimum atomic E-state index is 0.753. The van der Waals surface area contributed by atoms with Crippen molar-refractivity contribution in [3.8, 4) is 11.1 Å². The van der Waals surface area contributed by atoms with Crippen LogP contribution in [0.1, 0.15) is 12.8 Å². The molecule has 3 aliphatic rings. The van der Waals surface area contributed by atoms with Crippen molar-refractivity contribution >= 4 is 12.6 Å². The lowest BCUT2D eigenvalue weighted by Gasteiger charge is -2.44. The van der Waals surface area contributed by atoms with Gasteiger partial charge in [-0.25, -0.2) is 0 Å². The van der Waals surface area contributed by atoms with Crippen molar-refractivity contribution in [2.45, 2.75) is 24.4 Å². The van der Waals surface area contributed by atoms with E-state index in [-0.39, 0.29) is 0 Å². The molecule has 1 unspecified atom stereocenters. The Bertz CT molecular complexity index is 614. The van der Waals surface area contributed by atoms with Gasteiger partial charge in [0.1, 0.15) is 5.03 Å². The van der Waals surface area contributed by atoms with E-state index >= 15 is 0 Å². The number of hydrogen-bond donors (Lipinski definition) is 1. The van der Waals surface area contributed by atoms with E-state index in [4.69, 9.17) is 0 Å². The third kappa shape index (κ3) is 2.62. The average Bonchev–Trinajstić information content (AvgIpc) is 2.90. The normalized spacial score (nSPS) is 28.0. The third-order valence-electron chi connectivity index (χ3n) is 5.04. The number of piperidine rings is 3. The van der Waals surface area contributed by atoms with Crippen LogP contribution in [0.25, 0.3) is 11.1 Å². The van der Waals surface area contributed by atoms with Gasteiger partial charge in [0.05, 0.1) is 0 Å². The highest BCUT2D eigenvalue weighted by atomic mass is 32.1. The van der Waals surface area contributed by atoms with Crippen LogP contribution in [0, 0.1) is 11.8 Å². The molecule has 4 heterocycles. The molecule has 2 bridgehead atoms. The van der Waals surface area contributed by atoms with Crippen LogP contribution in [0.5, 0.6) is 0 Å². The number of aromatic nitrogens is 2. The SMILES string of the molecule is Sc1nn(CC2CN3CCC2CC3)cc1-c1ccccc1. The van der Waals surface area contributed by atoms with E-state index in [2.05, 4.69) is 57.8 Å². The first kappa shape index (κ1) is 13.4. The summed E-state index contributed by atoms with van der Waals surface area (Å²) in [6.07, 6.45) is 4.89. The predicted molar refractivity (Wildman–Crippen MR) is 87.6 cm³/mol. The van der Waals surface area contributed by atoms with E-state index in [1.54, 1.807) is 0 Å². The average molecular weight is 299 g/mol. The highest BCUT2D eigenvalue weighted by molar-refractivity contribution is 7.80. The molecule has 0 N–H and O–H groups in total. The van der Waals surface area contributed by atoms with Crippen LogP contribution in [-0.4, -0.2) is 34.3 Å². The van der Waals surface area contributed by atoms with E-state index in [0.717, 1.165) is 29.0 Å². The zero-order valence-corrected chi connectivity index (χ0v) is 13.0. The van der Waals surface area contributed by atoms with Gasteiger partial charge in [0.2, 0.25) is 0 Å². The fourth-order valence-corrected chi connectivity index (χ4v) is 4.16. The molecule has 110 valence electrons. The zero-order chi connectivity index (χ0) is 14.2. The van der Waals surface area contributed by atoms with Gasteiger partial charge in [0, 0.05) is 24.8 Å². The van der Waals surface area contributed by atoms with E-state index in [9.17, 15) is 0 Å². The summed E-state index contributed by atoms with van der Waals surface area (Å²) in [7, 11) is 0. The van der Waals surface area contributed by atoms with Gasteiger partial charge in [-0.3, -0.25) is 4.68 Å². The number of thiol groups is 1. The van der Waals surface area contributed by atoms with E-state index in [1.807, 2.05) is 6.07 Å². The molecule has 1 atom stereocenters. The summed E-state index contributed by atoms with van der Waals surface area (Å²) in [6.45, 7) is 4.87. The summed E-state index contributed by atoms with van der Waals surface area (Å²) in [4.78, 5) is 2.61. The second-order valence-electron chi connectivity index (χ2n) is 6.35. The lowest BCUT2D eigenvalue weighted by atomic mass is 9.79. The van der Waals surface area contributed by atoms with Gasteiger partial charge in [-0.2, -0.15) is 5.10 Å². The Morgan fingerprint density at radius 1 is 1.14 bits per heavy atom. The fraction of sp³-hybridized carbons (Fsp3) is 0.471. The summed E-state index contributed by atoms with van der Waals surface area (Å²) in [5.41, 5.74) is 2.34. The number of nitrogens with zero attached hydrogens (tertiary/aromatic N) is 3. The van der Waals surface area contributed by atoms with Gasteiger partial charge in [-0.15, -0.1) is 12.6 Å². The van der Waals surface area contributed by atoms with Crippen LogP contribution >= 0.6 is 12.6 Å². The molecule has 3 fully saturated rings. The minimum Gasteiger partial charge on any atom is -0.303 e. The maximum Gasteiger partial charge on any atom is 0.123 e. The maximum absolute atomic E-state index is 4.63. The van der Waals surface area contributed by atoms with Crippen LogP contribution in [0.15, 0.2) is 41.6 Å². The topological polar surface area (TPSA) is 21.1 Å². The molecule has 2 aromatic rings. The Morgan fingerprint density at radius 3 is 2.57 bits per heavy atom. The maximum atomic E-state index is 4.63. The molecule has 3 aliphatic heterocycles. The molecule has 0 spiro atoms.